The summed E-state index contributed by atoms with van der Waals surface area (Å²) in [5.41, 5.74) is 2.76. The number of carbonyl (C=O) groups is 2. The fourth-order valence-electron chi connectivity index (χ4n) is 2.28. The van der Waals surface area contributed by atoms with Crippen LogP contribution < -0.4 is 10.1 Å². The van der Waals surface area contributed by atoms with Crippen LogP contribution in [0.25, 0.3) is 0 Å². The third-order valence-electron chi connectivity index (χ3n) is 3.67. The van der Waals surface area contributed by atoms with E-state index >= 15 is 0 Å². The number of anilines is 1. The number of hydrogen-bond acceptors (Lipinski definition) is 4. The van der Waals surface area contributed by atoms with E-state index in [0.717, 1.165) is 11.1 Å². The van der Waals surface area contributed by atoms with E-state index in [1.54, 1.807) is 43.3 Å². The van der Waals surface area contributed by atoms with Crippen LogP contribution in [0, 0.1) is 13.8 Å². The highest BCUT2D eigenvalue weighted by Gasteiger charge is 2.16. The Morgan fingerprint density at radius 3 is 2.16 bits per heavy atom. The van der Waals surface area contributed by atoms with Crippen molar-refractivity contribution in [2.24, 2.45) is 0 Å². The first kappa shape index (κ1) is 18.8. The molecule has 1 unspecified atom stereocenters. The minimum Gasteiger partial charge on any atom is -0.481 e. The Morgan fingerprint density at radius 2 is 1.64 bits per heavy atom. The molecule has 0 fully saturated rings. The molecule has 2 rings (SSSR count). The summed E-state index contributed by atoms with van der Waals surface area (Å²) in [6.45, 7) is 5.43. The Labute approximate surface area is 151 Å². The average Bonchev–Trinajstić information content (AvgIpc) is 2.59. The highest BCUT2D eigenvalue weighted by Crippen LogP contribution is 2.26. The summed E-state index contributed by atoms with van der Waals surface area (Å²) in [5, 5.41) is 3.43. The number of hydrogen-bond donors (Lipinski definition) is 1. The number of esters is 1. The Morgan fingerprint density at radius 1 is 1.08 bits per heavy atom. The van der Waals surface area contributed by atoms with E-state index in [9.17, 15) is 9.59 Å². The van der Waals surface area contributed by atoms with Gasteiger partial charge in [-0.15, -0.1) is 0 Å². The second kappa shape index (κ2) is 8.03. The van der Waals surface area contributed by atoms with Gasteiger partial charge in [-0.05, 0) is 68.3 Å². The Kier molecular flexibility index (Phi) is 6.04. The van der Waals surface area contributed by atoms with Gasteiger partial charge < -0.3 is 14.8 Å². The first-order valence-corrected chi connectivity index (χ1v) is 8.12. The fourth-order valence-corrected chi connectivity index (χ4v) is 2.39. The van der Waals surface area contributed by atoms with Crippen molar-refractivity contribution in [2.75, 3.05) is 12.4 Å². The van der Waals surface area contributed by atoms with Crippen molar-refractivity contribution in [2.45, 2.75) is 26.9 Å². The molecule has 0 heterocycles. The average molecular weight is 362 g/mol. The number of benzene rings is 2. The lowest BCUT2D eigenvalue weighted by molar-refractivity contribution is -0.122. The molecule has 0 bridgehead atoms. The molecule has 2 aromatic rings. The maximum atomic E-state index is 12.3. The second-order valence-electron chi connectivity index (χ2n) is 5.69. The number of aryl methyl sites for hydroxylation is 2. The minimum absolute atomic E-state index is 0.295. The summed E-state index contributed by atoms with van der Waals surface area (Å²) in [5.74, 6) is -0.137. The monoisotopic (exact) mass is 361 g/mol. The number of amides is 1. The van der Waals surface area contributed by atoms with Crippen LogP contribution in [0.4, 0.5) is 5.69 Å². The first-order chi connectivity index (χ1) is 11.8. The molecule has 0 radical (unpaired) electrons. The molecule has 5 nitrogen and oxygen atoms in total. The van der Waals surface area contributed by atoms with Crippen LogP contribution in [0.5, 0.6) is 5.75 Å². The molecule has 0 saturated carbocycles. The van der Waals surface area contributed by atoms with Gasteiger partial charge in [-0.2, -0.15) is 0 Å². The van der Waals surface area contributed by atoms with Crippen molar-refractivity contribution in [1.29, 1.82) is 0 Å². The third-order valence-corrected chi connectivity index (χ3v) is 4.26. The van der Waals surface area contributed by atoms with E-state index in [1.807, 2.05) is 13.8 Å². The number of nitrogens with one attached hydrogen (secondary N) is 1. The fraction of sp³-hybridized carbons (Fsp3) is 0.263. The van der Waals surface area contributed by atoms with Crippen molar-refractivity contribution in [3.63, 3.8) is 0 Å². The van der Waals surface area contributed by atoms with Crippen molar-refractivity contribution in [3.8, 4) is 5.75 Å². The molecule has 1 atom stereocenters. The van der Waals surface area contributed by atoms with Gasteiger partial charge >= 0.3 is 5.97 Å². The number of halogens is 1. The van der Waals surface area contributed by atoms with E-state index in [2.05, 4.69) is 10.1 Å². The maximum Gasteiger partial charge on any atom is 0.337 e. The zero-order valence-electron chi connectivity index (χ0n) is 14.6. The van der Waals surface area contributed by atoms with E-state index < -0.39 is 12.1 Å². The summed E-state index contributed by atoms with van der Waals surface area (Å²) in [6.07, 6.45) is -0.694. The molecule has 1 amide bonds. The van der Waals surface area contributed by atoms with Crippen molar-refractivity contribution < 1.29 is 19.1 Å². The maximum absolute atomic E-state index is 12.3. The highest BCUT2D eigenvalue weighted by atomic mass is 35.5. The molecule has 1 N–H and O–H groups in total. The van der Waals surface area contributed by atoms with Crippen LogP contribution in [0.3, 0.4) is 0 Å². The number of carbonyl (C=O) groups excluding carboxylic acids is 2. The van der Waals surface area contributed by atoms with Crippen molar-refractivity contribution in [1.82, 2.24) is 0 Å². The Hall–Kier alpha value is -2.53. The zero-order chi connectivity index (χ0) is 18.6. The first-order valence-electron chi connectivity index (χ1n) is 7.74. The molecule has 0 aliphatic rings. The van der Waals surface area contributed by atoms with Crippen molar-refractivity contribution >= 4 is 29.2 Å². The van der Waals surface area contributed by atoms with Crippen molar-refractivity contribution in [3.05, 3.63) is 58.1 Å². The molecule has 6 heteroatoms. The summed E-state index contributed by atoms with van der Waals surface area (Å²) in [4.78, 5) is 23.7. The number of ether oxygens (including phenoxy) is 2. The molecule has 0 aliphatic carbocycles. The normalized spacial score (nSPS) is 11.6. The van der Waals surface area contributed by atoms with Crippen LogP contribution in [0.1, 0.15) is 28.4 Å². The van der Waals surface area contributed by atoms with Gasteiger partial charge in [0.1, 0.15) is 5.75 Å². The second-order valence-corrected chi connectivity index (χ2v) is 6.07. The third kappa shape index (κ3) is 4.73. The lowest BCUT2D eigenvalue weighted by Gasteiger charge is -2.16. The molecular formula is C19H20ClNO4. The van der Waals surface area contributed by atoms with Crippen LogP contribution in [0.15, 0.2) is 36.4 Å². The standard InChI is InChI=1S/C19H20ClNO4/c1-11-9-16(10-12(2)17(11)20)25-13(3)18(22)21-15-7-5-14(6-8-15)19(23)24-4/h5-10,13H,1-4H3,(H,21,22). The van der Waals surface area contributed by atoms with E-state index in [0.29, 0.717) is 22.0 Å². The van der Waals surface area contributed by atoms with Gasteiger partial charge in [0.05, 0.1) is 12.7 Å². The predicted octanol–water partition coefficient (Wildman–Crippen LogP) is 4.15. The van der Waals surface area contributed by atoms with E-state index in [4.69, 9.17) is 16.3 Å². The summed E-state index contributed by atoms with van der Waals surface area (Å²) in [6, 6.07) is 10.0. The van der Waals surface area contributed by atoms with E-state index in [1.165, 1.54) is 7.11 Å². The van der Waals surface area contributed by atoms with Gasteiger partial charge in [0.25, 0.3) is 5.91 Å². The quantitative estimate of drug-likeness (QED) is 0.812. The zero-order valence-corrected chi connectivity index (χ0v) is 15.3. The van der Waals surface area contributed by atoms with Crippen LogP contribution in [-0.4, -0.2) is 25.1 Å². The Balaban J connectivity index is 2.02. The van der Waals surface area contributed by atoms with Crippen LogP contribution in [0.2, 0.25) is 5.02 Å². The highest BCUT2D eigenvalue weighted by molar-refractivity contribution is 6.32. The topological polar surface area (TPSA) is 64.6 Å². The number of rotatable bonds is 5. The molecule has 2 aromatic carbocycles. The lowest BCUT2D eigenvalue weighted by atomic mass is 10.1. The molecular weight excluding hydrogens is 342 g/mol. The van der Waals surface area contributed by atoms with E-state index in [-0.39, 0.29) is 5.91 Å². The molecule has 0 aliphatic heterocycles. The minimum atomic E-state index is -0.694. The largest absolute Gasteiger partial charge is 0.481 e. The van der Waals surface area contributed by atoms with Gasteiger partial charge in [0.15, 0.2) is 6.10 Å². The summed E-state index contributed by atoms with van der Waals surface area (Å²) < 4.78 is 10.3. The number of methoxy groups -OCH3 is 1. The molecule has 132 valence electrons. The summed E-state index contributed by atoms with van der Waals surface area (Å²) in [7, 11) is 1.32. The van der Waals surface area contributed by atoms with Crippen LogP contribution in [-0.2, 0) is 9.53 Å². The summed E-state index contributed by atoms with van der Waals surface area (Å²) >= 11 is 6.13. The molecule has 0 aromatic heterocycles. The van der Waals surface area contributed by atoms with Gasteiger partial charge in [-0.25, -0.2) is 4.79 Å². The SMILES string of the molecule is COC(=O)c1ccc(NC(=O)C(C)Oc2cc(C)c(Cl)c(C)c2)cc1. The molecule has 0 saturated heterocycles. The smallest absolute Gasteiger partial charge is 0.337 e. The van der Waals surface area contributed by atoms with Gasteiger partial charge in [0.2, 0.25) is 0 Å². The lowest BCUT2D eigenvalue weighted by Crippen LogP contribution is -2.30. The van der Waals surface area contributed by atoms with Gasteiger partial charge in [-0.1, -0.05) is 11.6 Å². The predicted molar refractivity (Wildman–Crippen MR) is 97.4 cm³/mol. The van der Waals surface area contributed by atoms with Crippen LogP contribution >= 0.6 is 11.6 Å². The van der Waals surface area contributed by atoms with Gasteiger partial charge in [0, 0.05) is 10.7 Å². The molecule has 25 heavy (non-hydrogen) atoms. The van der Waals surface area contributed by atoms with Gasteiger partial charge in [-0.3, -0.25) is 4.79 Å². The molecule has 0 spiro atoms. The Bertz CT molecular complexity index is 764.